The van der Waals surface area contributed by atoms with Crippen molar-refractivity contribution in [2.75, 3.05) is 22.1 Å². The molecule has 0 aliphatic carbocycles. The first kappa shape index (κ1) is 19.0. The van der Waals surface area contributed by atoms with Gasteiger partial charge in [0.05, 0.1) is 16.9 Å². The Morgan fingerprint density at radius 1 is 1.24 bits per heavy atom. The van der Waals surface area contributed by atoms with Crippen molar-refractivity contribution in [3.8, 4) is 0 Å². The number of fused-ring (bicyclic) bond motifs is 3. The summed E-state index contributed by atoms with van der Waals surface area (Å²) in [5, 5.41) is 5.61. The number of nitrogens with zero attached hydrogens (tertiary/aromatic N) is 1. The Balaban J connectivity index is 1.44. The van der Waals surface area contributed by atoms with Crippen LogP contribution >= 0.6 is 0 Å². The maximum atomic E-state index is 12.5. The number of aryl methyl sites for hydroxylation is 1. The third-order valence-corrected chi connectivity index (χ3v) is 5.29. The smallest absolute Gasteiger partial charge is 0.338 e. The van der Waals surface area contributed by atoms with Gasteiger partial charge >= 0.3 is 5.97 Å². The molecule has 2 N–H and O–H groups in total. The van der Waals surface area contributed by atoms with Crippen LogP contribution in [0.4, 0.5) is 17.1 Å². The molecule has 150 valence electrons. The summed E-state index contributed by atoms with van der Waals surface area (Å²) in [5.74, 6) is -1.07. The number of esters is 1. The number of carbonyl (C=O) groups excluding carboxylic acids is 3. The lowest BCUT2D eigenvalue weighted by Crippen LogP contribution is -2.43. The van der Waals surface area contributed by atoms with E-state index < -0.39 is 18.0 Å². The zero-order valence-corrected chi connectivity index (χ0v) is 16.4. The zero-order chi connectivity index (χ0) is 20.5. The number of benzene rings is 2. The number of hydrogen-bond acceptors (Lipinski definition) is 5. The minimum absolute atomic E-state index is 0.0496. The fraction of sp³-hybridized carbons (Fsp3) is 0.318. The molecule has 2 heterocycles. The second-order valence-electron chi connectivity index (χ2n) is 7.48. The molecule has 0 saturated carbocycles. The minimum atomic E-state index is -0.961. The van der Waals surface area contributed by atoms with Crippen molar-refractivity contribution < 1.29 is 19.1 Å². The van der Waals surface area contributed by atoms with E-state index in [0.29, 0.717) is 11.4 Å². The molecule has 0 bridgehead atoms. The van der Waals surface area contributed by atoms with E-state index in [9.17, 15) is 14.4 Å². The molecule has 2 atom stereocenters. The van der Waals surface area contributed by atoms with E-state index in [1.54, 1.807) is 18.2 Å². The highest BCUT2D eigenvalue weighted by molar-refractivity contribution is 6.05. The fourth-order valence-corrected chi connectivity index (χ4v) is 3.81. The number of ether oxygens (including phenoxy) is 1. The standard InChI is InChI=1S/C22H23N3O4/c1-13-5-3-6-16(11-13)23-20(26)14(2)29-22(28)15-8-9-18-17(12-15)24-21(27)19-7-4-10-25(18)19/h3,5-6,8-9,11-12,14,19H,4,7,10H2,1-2H3,(H,23,26)(H,24,27)/t14-,19+/m1/s1. The molecule has 2 aromatic carbocycles. The number of carbonyl (C=O) groups is 3. The van der Waals surface area contributed by atoms with Crippen molar-refractivity contribution in [1.29, 1.82) is 0 Å². The van der Waals surface area contributed by atoms with Gasteiger partial charge in [0.1, 0.15) is 6.04 Å². The van der Waals surface area contributed by atoms with Gasteiger partial charge in [0.25, 0.3) is 5.91 Å². The van der Waals surface area contributed by atoms with Crippen LogP contribution in [-0.2, 0) is 14.3 Å². The largest absolute Gasteiger partial charge is 0.449 e. The van der Waals surface area contributed by atoms with Crippen molar-refractivity contribution in [1.82, 2.24) is 0 Å². The Morgan fingerprint density at radius 2 is 2.07 bits per heavy atom. The Kier molecular flexibility index (Phi) is 4.96. The summed E-state index contributed by atoms with van der Waals surface area (Å²) >= 11 is 0. The normalized spacial score (nSPS) is 18.3. The fourth-order valence-electron chi connectivity index (χ4n) is 3.81. The van der Waals surface area contributed by atoms with E-state index >= 15 is 0 Å². The van der Waals surface area contributed by atoms with E-state index in [4.69, 9.17) is 4.74 Å². The third kappa shape index (κ3) is 3.81. The molecule has 7 heteroatoms. The third-order valence-electron chi connectivity index (χ3n) is 5.29. The molecular formula is C22H23N3O4. The molecule has 7 nitrogen and oxygen atoms in total. The summed E-state index contributed by atoms with van der Waals surface area (Å²) in [4.78, 5) is 39.2. The predicted molar refractivity (Wildman–Crippen MR) is 110 cm³/mol. The number of hydrogen-bond donors (Lipinski definition) is 2. The van der Waals surface area contributed by atoms with Crippen LogP contribution in [-0.4, -0.2) is 36.5 Å². The van der Waals surface area contributed by atoms with Crippen LogP contribution in [0.1, 0.15) is 35.7 Å². The van der Waals surface area contributed by atoms with Gasteiger partial charge in [-0.05, 0) is 62.6 Å². The monoisotopic (exact) mass is 393 g/mol. The number of amides is 2. The van der Waals surface area contributed by atoms with E-state index in [-0.39, 0.29) is 17.5 Å². The first-order chi connectivity index (χ1) is 13.9. The lowest BCUT2D eigenvalue weighted by molar-refractivity contribution is -0.123. The Bertz CT molecular complexity index is 988. The molecule has 2 aromatic rings. The molecular weight excluding hydrogens is 370 g/mol. The van der Waals surface area contributed by atoms with Gasteiger partial charge in [-0.25, -0.2) is 4.79 Å². The molecule has 0 spiro atoms. The maximum Gasteiger partial charge on any atom is 0.338 e. The van der Waals surface area contributed by atoms with E-state index in [2.05, 4.69) is 15.5 Å². The molecule has 0 unspecified atom stereocenters. The predicted octanol–water partition coefficient (Wildman–Crippen LogP) is 3.10. The van der Waals surface area contributed by atoms with E-state index in [1.165, 1.54) is 6.92 Å². The second kappa shape index (κ2) is 7.58. The highest BCUT2D eigenvalue weighted by Crippen LogP contribution is 2.37. The van der Waals surface area contributed by atoms with Crippen molar-refractivity contribution in [3.63, 3.8) is 0 Å². The first-order valence-electron chi connectivity index (χ1n) is 9.72. The topological polar surface area (TPSA) is 87.7 Å². The lowest BCUT2D eigenvalue weighted by Gasteiger charge is -2.33. The molecule has 2 amide bonds. The summed E-state index contributed by atoms with van der Waals surface area (Å²) in [5.41, 5.74) is 3.46. The number of nitrogens with one attached hydrogen (secondary N) is 2. The molecule has 1 saturated heterocycles. The lowest BCUT2D eigenvalue weighted by atomic mass is 10.1. The summed E-state index contributed by atoms with van der Waals surface area (Å²) in [7, 11) is 0. The van der Waals surface area contributed by atoms with Crippen molar-refractivity contribution >= 4 is 34.8 Å². The molecule has 0 radical (unpaired) electrons. The summed E-state index contributed by atoms with van der Waals surface area (Å²) in [6.45, 7) is 4.28. The average Bonchev–Trinajstić information content (AvgIpc) is 3.18. The quantitative estimate of drug-likeness (QED) is 0.780. The summed E-state index contributed by atoms with van der Waals surface area (Å²) < 4.78 is 5.33. The molecule has 0 aromatic heterocycles. The summed E-state index contributed by atoms with van der Waals surface area (Å²) in [6, 6.07) is 12.3. The average molecular weight is 393 g/mol. The van der Waals surface area contributed by atoms with Crippen LogP contribution in [0, 0.1) is 6.92 Å². The molecule has 2 aliphatic rings. The van der Waals surface area contributed by atoms with Gasteiger partial charge in [0.15, 0.2) is 6.10 Å². The van der Waals surface area contributed by atoms with Gasteiger partial charge in [-0.3, -0.25) is 9.59 Å². The van der Waals surface area contributed by atoms with Crippen LogP contribution in [0.15, 0.2) is 42.5 Å². The Morgan fingerprint density at radius 3 is 2.86 bits per heavy atom. The van der Waals surface area contributed by atoms with Crippen LogP contribution in [0.5, 0.6) is 0 Å². The van der Waals surface area contributed by atoms with Gasteiger partial charge in [0, 0.05) is 12.2 Å². The second-order valence-corrected chi connectivity index (χ2v) is 7.48. The van der Waals surface area contributed by atoms with Crippen LogP contribution in [0.2, 0.25) is 0 Å². The van der Waals surface area contributed by atoms with Gasteiger partial charge in [-0.1, -0.05) is 12.1 Å². The van der Waals surface area contributed by atoms with Crippen molar-refractivity contribution in [2.24, 2.45) is 0 Å². The van der Waals surface area contributed by atoms with Crippen LogP contribution < -0.4 is 15.5 Å². The highest BCUT2D eigenvalue weighted by Gasteiger charge is 2.36. The Labute approximate surface area is 169 Å². The number of anilines is 3. The van der Waals surface area contributed by atoms with Gasteiger partial charge in [0.2, 0.25) is 5.91 Å². The first-order valence-corrected chi connectivity index (χ1v) is 9.72. The van der Waals surface area contributed by atoms with Crippen LogP contribution in [0.25, 0.3) is 0 Å². The summed E-state index contributed by atoms with van der Waals surface area (Å²) in [6.07, 6.45) is 0.842. The van der Waals surface area contributed by atoms with Gasteiger partial charge < -0.3 is 20.3 Å². The van der Waals surface area contributed by atoms with Crippen LogP contribution in [0.3, 0.4) is 0 Å². The number of rotatable bonds is 4. The molecule has 4 rings (SSSR count). The SMILES string of the molecule is Cc1cccc(NC(=O)[C@@H](C)OC(=O)c2ccc3c(c2)NC(=O)[C@@H]2CCCN32)c1. The molecule has 29 heavy (non-hydrogen) atoms. The van der Waals surface area contributed by atoms with Crippen molar-refractivity contribution in [2.45, 2.75) is 38.8 Å². The van der Waals surface area contributed by atoms with Gasteiger partial charge in [-0.2, -0.15) is 0 Å². The molecule has 2 aliphatic heterocycles. The zero-order valence-electron chi connectivity index (χ0n) is 16.4. The van der Waals surface area contributed by atoms with E-state index in [1.807, 2.05) is 31.2 Å². The Hall–Kier alpha value is -3.35. The highest BCUT2D eigenvalue weighted by atomic mass is 16.5. The molecule has 1 fully saturated rings. The van der Waals surface area contributed by atoms with E-state index in [0.717, 1.165) is 30.6 Å². The minimum Gasteiger partial charge on any atom is -0.449 e. The van der Waals surface area contributed by atoms with Gasteiger partial charge in [-0.15, -0.1) is 0 Å². The van der Waals surface area contributed by atoms with Crippen molar-refractivity contribution in [3.05, 3.63) is 53.6 Å². The maximum absolute atomic E-state index is 12.5.